The van der Waals surface area contributed by atoms with E-state index >= 15 is 0 Å². The molecule has 3 rings (SSSR count). The van der Waals surface area contributed by atoms with Gasteiger partial charge in [-0.1, -0.05) is 29.8 Å². The van der Waals surface area contributed by atoms with Gasteiger partial charge in [-0.05, 0) is 29.8 Å². The Balaban J connectivity index is 1.76. The molecule has 2 aromatic carbocycles. The van der Waals surface area contributed by atoms with E-state index in [9.17, 15) is 23.1 Å². The first kappa shape index (κ1) is 18.2. The van der Waals surface area contributed by atoms with Crippen LogP contribution in [0.15, 0.2) is 47.4 Å². The number of nitrogens with one attached hydrogen (secondary N) is 1. The molecule has 0 aliphatic carbocycles. The van der Waals surface area contributed by atoms with Crippen LogP contribution in [0.3, 0.4) is 0 Å². The number of halogens is 1. The number of hydrogen-bond acceptors (Lipinski definition) is 5. The molecule has 2 amide bonds. The van der Waals surface area contributed by atoms with E-state index in [0.29, 0.717) is 5.56 Å². The number of benzene rings is 2. The van der Waals surface area contributed by atoms with E-state index in [0.717, 1.165) is 0 Å². The quantitative estimate of drug-likeness (QED) is 0.758. The molecule has 1 aliphatic heterocycles. The van der Waals surface area contributed by atoms with Crippen molar-refractivity contribution in [2.45, 2.75) is 24.3 Å². The van der Waals surface area contributed by atoms with Crippen molar-refractivity contribution in [3.05, 3.63) is 53.1 Å². The first-order valence-corrected chi connectivity index (χ1v) is 9.56. The molecular weight excluding hydrogens is 380 g/mol. The summed E-state index contributed by atoms with van der Waals surface area (Å²) in [6.07, 6.45) is 0.444. The van der Waals surface area contributed by atoms with Crippen LogP contribution in [-0.2, 0) is 26.2 Å². The van der Waals surface area contributed by atoms with Crippen LogP contribution in [0.1, 0.15) is 18.4 Å². The monoisotopic (exact) mass is 394 g/mol. The number of hydrogen-bond donors (Lipinski definition) is 2. The number of phenolic OH excluding ortho intramolecular Hbond substituents is 1. The molecule has 1 aliphatic rings. The van der Waals surface area contributed by atoms with Gasteiger partial charge in [0.2, 0.25) is 11.8 Å². The summed E-state index contributed by atoms with van der Waals surface area (Å²) in [5.74, 6) is -0.947. The highest BCUT2D eigenvalue weighted by Crippen LogP contribution is 2.31. The zero-order valence-electron chi connectivity index (χ0n) is 13.5. The number of para-hydroxylation sites is 1. The number of rotatable bonds is 5. The predicted molar refractivity (Wildman–Crippen MR) is 95.2 cm³/mol. The normalized spacial score (nSPS) is 14.7. The summed E-state index contributed by atoms with van der Waals surface area (Å²) >= 11 is 5.75. The van der Waals surface area contributed by atoms with E-state index < -0.39 is 15.8 Å². The second-order valence-corrected chi connectivity index (χ2v) is 7.82. The average Bonchev–Trinajstić information content (AvgIpc) is 2.90. The molecule has 1 heterocycles. The van der Waals surface area contributed by atoms with Crippen molar-refractivity contribution in [3.63, 3.8) is 0 Å². The Morgan fingerprint density at radius 1 is 1.04 bits per heavy atom. The molecule has 0 radical (unpaired) electrons. The fourth-order valence-corrected chi connectivity index (χ4v) is 3.99. The van der Waals surface area contributed by atoms with Crippen LogP contribution in [0, 0.1) is 0 Å². The number of imide groups is 1. The van der Waals surface area contributed by atoms with Gasteiger partial charge in [0, 0.05) is 18.5 Å². The summed E-state index contributed by atoms with van der Waals surface area (Å²) in [6, 6.07) is 10.3. The van der Waals surface area contributed by atoms with Crippen molar-refractivity contribution < 1.29 is 23.1 Å². The van der Waals surface area contributed by atoms with Crippen molar-refractivity contribution >= 4 is 39.1 Å². The summed E-state index contributed by atoms with van der Waals surface area (Å²) in [4.78, 5) is 24.1. The minimum Gasteiger partial charge on any atom is -0.505 e. The smallest absolute Gasteiger partial charge is 0.265 e. The minimum atomic E-state index is -4.02. The molecule has 9 heteroatoms. The van der Waals surface area contributed by atoms with Gasteiger partial charge in [0.1, 0.15) is 4.90 Å². The Morgan fingerprint density at radius 3 is 2.27 bits per heavy atom. The number of amides is 2. The number of nitrogens with zero attached hydrogens (tertiary/aromatic N) is 1. The van der Waals surface area contributed by atoms with Gasteiger partial charge < -0.3 is 5.11 Å². The van der Waals surface area contributed by atoms with Gasteiger partial charge in [-0.3, -0.25) is 19.2 Å². The second-order valence-electron chi connectivity index (χ2n) is 5.76. The Labute approximate surface area is 155 Å². The zero-order chi connectivity index (χ0) is 18.9. The lowest BCUT2D eigenvalue weighted by molar-refractivity contribution is -0.139. The fraction of sp³-hybridized carbons (Fsp3) is 0.176. The highest BCUT2D eigenvalue weighted by Gasteiger charge is 2.28. The fourth-order valence-electron chi connectivity index (χ4n) is 2.58. The van der Waals surface area contributed by atoms with Crippen molar-refractivity contribution in [2.24, 2.45) is 0 Å². The summed E-state index contributed by atoms with van der Waals surface area (Å²) in [7, 11) is -4.02. The molecule has 0 aromatic heterocycles. The standard InChI is InChI=1S/C17H15ClN2O5S/c18-13-2-1-3-14(17(13)23)26(24,25)19-12-6-4-11(5-7-12)10-20-15(21)8-9-16(20)22/h1-7,19,23H,8-10H2. The maximum atomic E-state index is 12.4. The van der Waals surface area contributed by atoms with E-state index in [1.807, 2.05) is 0 Å². The lowest BCUT2D eigenvalue weighted by atomic mass is 10.2. The molecule has 0 saturated carbocycles. The Kier molecular flexibility index (Phi) is 4.88. The van der Waals surface area contributed by atoms with E-state index in [2.05, 4.69) is 4.72 Å². The first-order valence-electron chi connectivity index (χ1n) is 7.70. The predicted octanol–water partition coefficient (Wildman–Crippen LogP) is 2.50. The van der Waals surface area contributed by atoms with E-state index in [4.69, 9.17) is 11.6 Å². The van der Waals surface area contributed by atoms with Crippen molar-refractivity contribution in [1.82, 2.24) is 4.90 Å². The van der Waals surface area contributed by atoms with Crippen molar-refractivity contribution in [2.75, 3.05) is 4.72 Å². The van der Waals surface area contributed by atoms with E-state index in [1.165, 1.54) is 35.2 Å². The lowest BCUT2D eigenvalue weighted by Crippen LogP contribution is -2.28. The topological polar surface area (TPSA) is 104 Å². The number of carbonyl (C=O) groups is 2. The second kappa shape index (κ2) is 6.97. The van der Waals surface area contributed by atoms with Crippen LogP contribution in [0.5, 0.6) is 5.75 Å². The molecule has 2 aromatic rings. The largest absolute Gasteiger partial charge is 0.505 e. The molecule has 2 N–H and O–H groups in total. The highest BCUT2D eigenvalue weighted by atomic mass is 35.5. The molecule has 0 bridgehead atoms. The number of likely N-dealkylation sites (tertiary alicyclic amines) is 1. The number of carbonyl (C=O) groups excluding carboxylic acids is 2. The summed E-state index contributed by atoms with van der Waals surface area (Å²) in [6.45, 7) is 0.153. The average molecular weight is 395 g/mol. The number of phenols is 1. The third-order valence-corrected chi connectivity index (χ3v) is 5.66. The lowest BCUT2D eigenvalue weighted by Gasteiger charge is -2.14. The number of sulfonamides is 1. The van der Waals surface area contributed by atoms with Gasteiger partial charge in [0.15, 0.2) is 5.75 Å². The van der Waals surface area contributed by atoms with Crippen LogP contribution in [-0.4, -0.2) is 30.2 Å². The minimum absolute atomic E-state index is 0.0665. The molecule has 0 spiro atoms. The number of anilines is 1. The molecule has 26 heavy (non-hydrogen) atoms. The molecule has 1 fully saturated rings. The molecule has 1 saturated heterocycles. The third-order valence-electron chi connectivity index (χ3n) is 3.94. The van der Waals surface area contributed by atoms with Gasteiger partial charge in [0.25, 0.3) is 10.0 Å². The van der Waals surface area contributed by atoms with Crippen molar-refractivity contribution in [1.29, 1.82) is 0 Å². The van der Waals surface area contributed by atoms with Gasteiger partial charge in [-0.2, -0.15) is 0 Å². The van der Waals surface area contributed by atoms with Crippen LogP contribution >= 0.6 is 11.6 Å². The molecule has 7 nitrogen and oxygen atoms in total. The van der Waals surface area contributed by atoms with Crippen LogP contribution in [0.4, 0.5) is 5.69 Å². The Bertz CT molecular complexity index is 957. The summed E-state index contributed by atoms with van der Waals surface area (Å²) < 4.78 is 27.1. The zero-order valence-corrected chi connectivity index (χ0v) is 15.0. The first-order chi connectivity index (χ1) is 12.3. The Hall–Kier alpha value is -2.58. The van der Waals surface area contributed by atoms with Gasteiger partial charge in [-0.25, -0.2) is 8.42 Å². The van der Waals surface area contributed by atoms with Crippen LogP contribution in [0.25, 0.3) is 0 Å². The maximum Gasteiger partial charge on any atom is 0.265 e. The summed E-state index contributed by atoms with van der Waals surface area (Å²) in [5, 5.41) is 9.78. The molecule has 0 unspecified atom stereocenters. The van der Waals surface area contributed by atoms with Gasteiger partial charge >= 0.3 is 0 Å². The van der Waals surface area contributed by atoms with E-state index in [-0.39, 0.29) is 46.8 Å². The van der Waals surface area contributed by atoms with Gasteiger partial charge in [-0.15, -0.1) is 0 Å². The Morgan fingerprint density at radius 2 is 1.65 bits per heavy atom. The van der Waals surface area contributed by atoms with Crippen LogP contribution in [0.2, 0.25) is 5.02 Å². The summed E-state index contributed by atoms with van der Waals surface area (Å²) in [5.41, 5.74) is 0.967. The number of aromatic hydroxyl groups is 1. The SMILES string of the molecule is O=C1CCC(=O)N1Cc1ccc(NS(=O)(=O)c2cccc(Cl)c2O)cc1. The molecular formula is C17H15ClN2O5S. The third kappa shape index (κ3) is 3.66. The highest BCUT2D eigenvalue weighted by molar-refractivity contribution is 7.92. The van der Waals surface area contributed by atoms with Crippen molar-refractivity contribution in [3.8, 4) is 5.75 Å². The molecule has 136 valence electrons. The van der Waals surface area contributed by atoms with Gasteiger partial charge in [0.05, 0.1) is 11.6 Å². The molecule has 0 atom stereocenters. The van der Waals surface area contributed by atoms with Crippen LogP contribution < -0.4 is 4.72 Å². The van der Waals surface area contributed by atoms with E-state index in [1.54, 1.807) is 12.1 Å². The maximum absolute atomic E-state index is 12.4.